The van der Waals surface area contributed by atoms with Gasteiger partial charge in [-0.3, -0.25) is 0 Å². The molecule has 0 spiro atoms. The Morgan fingerprint density at radius 3 is 3.10 bits per heavy atom. The highest BCUT2D eigenvalue weighted by Crippen LogP contribution is 2.43. The van der Waals surface area contributed by atoms with Crippen LogP contribution >= 0.6 is 27.3 Å². The zero-order chi connectivity index (χ0) is 14.8. The molecule has 0 saturated carbocycles. The second kappa shape index (κ2) is 6.59. The van der Waals surface area contributed by atoms with Gasteiger partial charge in [-0.1, -0.05) is 22.9 Å². The lowest BCUT2D eigenvalue weighted by Crippen LogP contribution is -2.29. The monoisotopic (exact) mass is 367 g/mol. The van der Waals surface area contributed by atoms with Crippen LogP contribution in [-0.2, 0) is 6.42 Å². The number of halogens is 2. The average molecular weight is 368 g/mol. The summed E-state index contributed by atoms with van der Waals surface area (Å²) < 4.78 is 15.3. The van der Waals surface area contributed by atoms with E-state index in [9.17, 15) is 4.39 Å². The lowest BCUT2D eigenvalue weighted by Gasteiger charge is -2.32. The Bertz CT molecular complexity index is 625. The van der Waals surface area contributed by atoms with Crippen LogP contribution in [0.4, 0.5) is 4.39 Å². The van der Waals surface area contributed by atoms with Crippen LogP contribution in [0.25, 0.3) is 0 Å². The topological polar surface area (TPSA) is 12.0 Å². The molecule has 1 N–H and O–H groups in total. The van der Waals surface area contributed by atoms with E-state index in [-0.39, 0.29) is 11.9 Å². The summed E-state index contributed by atoms with van der Waals surface area (Å²) in [7, 11) is 0. The maximum atomic E-state index is 14.3. The van der Waals surface area contributed by atoms with Gasteiger partial charge in [-0.15, -0.1) is 11.3 Å². The van der Waals surface area contributed by atoms with Crippen molar-refractivity contribution in [2.75, 3.05) is 6.54 Å². The molecule has 2 aromatic rings. The third-order valence-electron chi connectivity index (χ3n) is 4.22. The molecular formula is C17H19BrFNS. The van der Waals surface area contributed by atoms with E-state index in [1.807, 2.05) is 17.4 Å². The number of fused-ring (bicyclic) bond motifs is 1. The average Bonchev–Trinajstić information content (AvgIpc) is 2.96. The lowest BCUT2D eigenvalue weighted by atomic mass is 9.79. The first-order chi connectivity index (χ1) is 10.2. The molecule has 0 amide bonds. The molecule has 1 aromatic carbocycles. The summed E-state index contributed by atoms with van der Waals surface area (Å²) in [4.78, 5) is 1.48. The van der Waals surface area contributed by atoms with Gasteiger partial charge >= 0.3 is 0 Å². The quantitative estimate of drug-likeness (QED) is 0.760. The highest BCUT2D eigenvalue weighted by molar-refractivity contribution is 9.10. The maximum Gasteiger partial charge on any atom is 0.128 e. The van der Waals surface area contributed by atoms with Crippen LogP contribution in [0.3, 0.4) is 0 Å². The molecule has 1 aliphatic carbocycles. The van der Waals surface area contributed by atoms with E-state index in [2.05, 4.69) is 39.6 Å². The summed E-state index contributed by atoms with van der Waals surface area (Å²) >= 11 is 5.31. The molecule has 21 heavy (non-hydrogen) atoms. The summed E-state index contributed by atoms with van der Waals surface area (Å²) in [5.41, 5.74) is 2.19. The van der Waals surface area contributed by atoms with Crippen molar-refractivity contribution in [1.82, 2.24) is 5.32 Å². The first-order valence-electron chi connectivity index (χ1n) is 7.45. The summed E-state index contributed by atoms with van der Waals surface area (Å²) in [5, 5.41) is 5.68. The molecule has 0 aliphatic heterocycles. The first kappa shape index (κ1) is 15.2. The molecule has 2 atom stereocenters. The maximum absolute atomic E-state index is 14.3. The van der Waals surface area contributed by atoms with Crippen LogP contribution in [0.1, 0.15) is 47.7 Å². The van der Waals surface area contributed by atoms with Gasteiger partial charge in [0.25, 0.3) is 0 Å². The van der Waals surface area contributed by atoms with Crippen molar-refractivity contribution >= 4 is 27.3 Å². The minimum atomic E-state index is -0.119. The molecule has 0 fully saturated rings. The minimum absolute atomic E-state index is 0.0427. The predicted octanol–water partition coefficient (Wildman–Crippen LogP) is 5.42. The fourth-order valence-electron chi connectivity index (χ4n) is 3.31. The molecular weight excluding hydrogens is 349 g/mol. The van der Waals surface area contributed by atoms with Crippen LogP contribution in [0.5, 0.6) is 0 Å². The Hall–Kier alpha value is -0.710. The molecule has 1 aliphatic rings. The van der Waals surface area contributed by atoms with Crippen molar-refractivity contribution < 1.29 is 4.39 Å². The first-order valence-corrected chi connectivity index (χ1v) is 9.12. The number of rotatable bonds is 4. The minimum Gasteiger partial charge on any atom is -0.310 e. The second-order valence-corrected chi connectivity index (χ2v) is 7.42. The van der Waals surface area contributed by atoms with Gasteiger partial charge in [-0.05, 0) is 61.0 Å². The molecule has 0 bridgehead atoms. The third-order valence-corrected chi connectivity index (χ3v) is 5.71. The van der Waals surface area contributed by atoms with Crippen molar-refractivity contribution in [1.29, 1.82) is 0 Å². The molecule has 1 heterocycles. The number of aryl methyl sites for hydroxylation is 1. The van der Waals surface area contributed by atoms with E-state index in [0.29, 0.717) is 5.92 Å². The molecule has 0 saturated heterocycles. The zero-order valence-corrected chi connectivity index (χ0v) is 14.4. The molecule has 4 heteroatoms. The number of nitrogens with one attached hydrogen (secondary N) is 1. The lowest BCUT2D eigenvalue weighted by molar-refractivity contribution is 0.398. The van der Waals surface area contributed by atoms with Gasteiger partial charge in [0.1, 0.15) is 5.82 Å². The Kier molecular flexibility index (Phi) is 4.77. The number of likely N-dealkylation sites (N-methyl/N-ethyl adjacent to an activating group) is 1. The summed E-state index contributed by atoms with van der Waals surface area (Å²) in [6.07, 6.45) is 3.48. The summed E-state index contributed by atoms with van der Waals surface area (Å²) in [5.74, 6) is 0.246. The predicted molar refractivity (Wildman–Crippen MR) is 90.5 cm³/mol. The SMILES string of the molecule is CCNC(c1cc(Br)ccc1F)C1CCCc2sccc21. The largest absolute Gasteiger partial charge is 0.310 e. The standard InChI is InChI=1S/C17H19BrFNS/c1-2-20-17(14-10-11(18)6-7-15(14)19)13-4-3-5-16-12(13)8-9-21-16/h6-10,13,17,20H,2-5H2,1H3. The van der Waals surface area contributed by atoms with Gasteiger partial charge in [0.15, 0.2) is 0 Å². The van der Waals surface area contributed by atoms with E-state index < -0.39 is 0 Å². The van der Waals surface area contributed by atoms with Crippen molar-refractivity contribution in [3.8, 4) is 0 Å². The smallest absolute Gasteiger partial charge is 0.128 e. The van der Waals surface area contributed by atoms with Crippen LogP contribution in [0.15, 0.2) is 34.1 Å². The summed E-state index contributed by atoms with van der Waals surface area (Å²) in [6, 6.07) is 7.51. The Morgan fingerprint density at radius 1 is 1.43 bits per heavy atom. The summed E-state index contributed by atoms with van der Waals surface area (Å²) in [6.45, 7) is 2.92. The van der Waals surface area contributed by atoms with Crippen molar-refractivity contribution in [2.45, 2.75) is 38.1 Å². The molecule has 3 rings (SSSR count). The van der Waals surface area contributed by atoms with E-state index in [1.165, 1.54) is 23.3 Å². The number of hydrogen-bond acceptors (Lipinski definition) is 2. The molecule has 1 nitrogen and oxygen atoms in total. The number of benzene rings is 1. The molecule has 2 unspecified atom stereocenters. The third kappa shape index (κ3) is 3.08. The van der Waals surface area contributed by atoms with E-state index in [4.69, 9.17) is 0 Å². The van der Waals surface area contributed by atoms with Gasteiger partial charge < -0.3 is 5.32 Å². The van der Waals surface area contributed by atoms with Gasteiger partial charge in [0.05, 0.1) is 0 Å². The zero-order valence-electron chi connectivity index (χ0n) is 12.0. The highest BCUT2D eigenvalue weighted by atomic mass is 79.9. The van der Waals surface area contributed by atoms with Crippen LogP contribution < -0.4 is 5.32 Å². The van der Waals surface area contributed by atoms with Crippen molar-refractivity contribution in [2.24, 2.45) is 0 Å². The van der Waals surface area contributed by atoms with E-state index in [0.717, 1.165) is 23.0 Å². The molecule has 0 radical (unpaired) electrons. The van der Waals surface area contributed by atoms with Crippen molar-refractivity contribution in [3.05, 3.63) is 55.9 Å². The van der Waals surface area contributed by atoms with E-state index >= 15 is 0 Å². The second-order valence-electron chi connectivity index (χ2n) is 5.50. The number of hydrogen-bond donors (Lipinski definition) is 1. The Balaban J connectivity index is 2.01. The normalized spacial score (nSPS) is 19.3. The van der Waals surface area contributed by atoms with Crippen LogP contribution in [0.2, 0.25) is 0 Å². The Morgan fingerprint density at radius 2 is 2.29 bits per heavy atom. The molecule has 112 valence electrons. The van der Waals surface area contributed by atoms with Crippen LogP contribution in [0, 0.1) is 5.82 Å². The Labute approximate surface area is 137 Å². The number of thiophene rings is 1. The highest BCUT2D eigenvalue weighted by Gasteiger charge is 2.30. The van der Waals surface area contributed by atoms with Gasteiger partial charge in [-0.25, -0.2) is 4.39 Å². The molecule has 1 aromatic heterocycles. The van der Waals surface area contributed by atoms with E-state index in [1.54, 1.807) is 12.1 Å². The van der Waals surface area contributed by atoms with Crippen LogP contribution in [-0.4, -0.2) is 6.54 Å². The van der Waals surface area contributed by atoms with Crippen molar-refractivity contribution in [3.63, 3.8) is 0 Å². The van der Waals surface area contributed by atoms with Gasteiger partial charge in [0.2, 0.25) is 0 Å². The fraction of sp³-hybridized carbons (Fsp3) is 0.412. The van der Waals surface area contributed by atoms with Gasteiger partial charge in [0, 0.05) is 26.9 Å². The van der Waals surface area contributed by atoms with Gasteiger partial charge in [-0.2, -0.15) is 0 Å². The fourth-order valence-corrected chi connectivity index (χ4v) is 4.69.